The number of aliphatic hydroxyl groups excluding tert-OH is 1. The van der Waals surface area contributed by atoms with Crippen molar-refractivity contribution in [2.45, 2.75) is 12.3 Å². The van der Waals surface area contributed by atoms with Crippen LogP contribution in [-0.4, -0.2) is 30.1 Å². The highest BCUT2D eigenvalue weighted by Gasteiger charge is 2.29. The number of fused-ring (bicyclic) bond motifs is 3. The molecule has 4 nitrogen and oxygen atoms in total. The Balaban J connectivity index is 1.79. The summed E-state index contributed by atoms with van der Waals surface area (Å²) >= 11 is 0. The Morgan fingerprint density at radius 2 is 1.50 bits per heavy atom. The molecule has 0 aliphatic heterocycles. The second-order valence-electron chi connectivity index (χ2n) is 5.28. The second-order valence-corrected chi connectivity index (χ2v) is 5.28. The van der Waals surface area contributed by atoms with E-state index in [-0.39, 0.29) is 18.9 Å². The molecule has 1 aliphatic carbocycles. The van der Waals surface area contributed by atoms with Gasteiger partial charge >= 0.3 is 5.97 Å². The number of hydrogen-bond donors (Lipinski definition) is 1. The molecule has 0 radical (unpaired) electrons. The van der Waals surface area contributed by atoms with E-state index in [0.29, 0.717) is 0 Å². The van der Waals surface area contributed by atoms with Gasteiger partial charge in [0.1, 0.15) is 19.6 Å². The molecule has 0 aromatic heterocycles. The molecule has 0 spiro atoms. The highest BCUT2D eigenvalue weighted by Crippen LogP contribution is 2.44. The third-order valence-electron chi connectivity index (χ3n) is 3.89. The van der Waals surface area contributed by atoms with Crippen molar-refractivity contribution in [1.29, 1.82) is 0 Å². The standard InChI is InChI=1S/C18H16O4/c19-10-12(20)9-18(21)22-11-17-15-7-3-1-5-13(15)14-6-2-4-8-16(14)17/h1-8,17,19H,9-11H2. The average Bonchev–Trinajstić information content (AvgIpc) is 2.87. The van der Waals surface area contributed by atoms with Crippen LogP contribution in [0.3, 0.4) is 0 Å². The van der Waals surface area contributed by atoms with Crippen molar-refractivity contribution in [2.24, 2.45) is 0 Å². The largest absolute Gasteiger partial charge is 0.464 e. The monoisotopic (exact) mass is 296 g/mol. The van der Waals surface area contributed by atoms with Gasteiger partial charge in [0.15, 0.2) is 5.78 Å². The van der Waals surface area contributed by atoms with Crippen LogP contribution in [0.4, 0.5) is 0 Å². The van der Waals surface area contributed by atoms with Crippen LogP contribution in [0.25, 0.3) is 11.1 Å². The Labute approximate surface area is 128 Å². The van der Waals surface area contributed by atoms with Gasteiger partial charge in [0.05, 0.1) is 0 Å². The van der Waals surface area contributed by atoms with Crippen LogP contribution in [0.2, 0.25) is 0 Å². The van der Waals surface area contributed by atoms with Crippen LogP contribution in [-0.2, 0) is 14.3 Å². The maximum atomic E-state index is 11.6. The molecule has 0 heterocycles. The van der Waals surface area contributed by atoms with Crippen molar-refractivity contribution < 1.29 is 19.4 Å². The fourth-order valence-electron chi connectivity index (χ4n) is 2.88. The number of ether oxygens (including phenoxy) is 1. The highest BCUT2D eigenvalue weighted by atomic mass is 16.5. The number of esters is 1. The van der Waals surface area contributed by atoms with Crippen LogP contribution in [0.5, 0.6) is 0 Å². The van der Waals surface area contributed by atoms with E-state index < -0.39 is 18.4 Å². The van der Waals surface area contributed by atoms with Gasteiger partial charge in [0, 0.05) is 5.92 Å². The summed E-state index contributed by atoms with van der Waals surface area (Å²) in [4.78, 5) is 22.7. The van der Waals surface area contributed by atoms with E-state index in [1.807, 2.05) is 36.4 Å². The first-order valence-electron chi connectivity index (χ1n) is 7.17. The summed E-state index contributed by atoms with van der Waals surface area (Å²) in [6.07, 6.45) is -0.382. The van der Waals surface area contributed by atoms with Gasteiger partial charge in [-0.25, -0.2) is 0 Å². The third-order valence-corrected chi connectivity index (χ3v) is 3.89. The molecule has 0 saturated heterocycles. The Kier molecular flexibility index (Phi) is 4.02. The first kappa shape index (κ1) is 14.5. The fourth-order valence-corrected chi connectivity index (χ4v) is 2.88. The van der Waals surface area contributed by atoms with Crippen LogP contribution in [0.1, 0.15) is 23.5 Å². The van der Waals surface area contributed by atoms with Gasteiger partial charge < -0.3 is 9.84 Å². The van der Waals surface area contributed by atoms with Gasteiger partial charge in [0.2, 0.25) is 0 Å². The number of carbonyl (C=O) groups is 2. The molecule has 2 aromatic rings. The molecule has 0 fully saturated rings. The molecule has 112 valence electrons. The summed E-state index contributed by atoms with van der Waals surface area (Å²) in [6.45, 7) is -0.435. The van der Waals surface area contributed by atoms with E-state index in [2.05, 4.69) is 12.1 Å². The van der Waals surface area contributed by atoms with Gasteiger partial charge in [-0.15, -0.1) is 0 Å². The number of rotatable bonds is 5. The molecule has 0 amide bonds. The number of aliphatic hydroxyl groups is 1. The summed E-state index contributed by atoms with van der Waals surface area (Å²) in [5, 5.41) is 8.67. The minimum absolute atomic E-state index is 0.0134. The summed E-state index contributed by atoms with van der Waals surface area (Å²) in [5.74, 6) is -1.14. The first-order chi connectivity index (χ1) is 10.7. The van der Waals surface area contributed by atoms with Crippen molar-refractivity contribution in [2.75, 3.05) is 13.2 Å². The lowest BCUT2D eigenvalue weighted by atomic mass is 9.98. The topological polar surface area (TPSA) is 63.6 Å². The normalized spacial score (nSPS) is 12.6. The van der Waals surface area contributed by atoms with Crippen molar-refractivity contribution in [3.63, 3.8) is 0 Å². The molecule has 1 aliphatic rings. The van der Waals surface area contributed by atoms with Crippen molar-refractivity contribution in [3.05, 3.63) is 59.7 Å². The molecular weight excluding hydrogens is 280 g/mol. The number of carbonyl (C=O) groups excluding carboxylic acids is 2. The van der Waals surface area contributed by atoms with Crippen molar-refractivity contribution >= 4 is 11.8 Å². The lowest BCUT2D eigenvalue weighted by Crippen LogP contribution is -2.17. The zero-order valence-corrected chi connectivity index (χ0v) is 12.0. The van der Waals surface area contributed by atoms with E-state index in [1.165, 1.54) is 0 Å². The van der Waals surface area contributed by atoms with Crippen LogP contribution in [0.15, 0.2) is 48.5 Å². The molecule has 1 N–H and O–H groups in total. The highest BCUT2D eigenvalue weighted by molar-refractivity contribution is 5.96. The zero-order valence-electron chi connectivity index (χ0n) is 12.0. The first-order valence-corrected chi connectivity index (χ1v) is 7.17. The molecule has 0 saturated carbocycles. The number of hydrogen-bond acceptors (Lipinski definition) is 4. The molecule has 0 unspecified atom stereocenters. The number of benzene rings is 2. The van der Waals surface area contributed by atoms with Crippen LogP contribution < -0.4 is 0 Å². The van der Waals surface area contributed by atoms with E-state index in [0.717, 1.165) is 22.3 Å². The van der Waals surface area contributed by atoms with Gasteiger partial charge in [-0.2, -0.15) is 0 Å². The predicted octanol–water partition coefficient (Wildman–Crippen LogP) is 2.29. The van der Waals surface area contributed by atoms with Crippen LogP contribution >= 0.6 is 0 Å². The van der Waals surface area contributed by atoms with Gasteiger partial charge in [0.25, 0.3) is 0 Å². The zero-order chi connectivity index (χ0) is 15.5. The Morgan fingerprint density at radius 3 is 2.05 bits per heavy atom. The van der Waals surface area contributed by atoms with Crippen molar-refractivity contribution in [3.8, 4) is 11.1 Å². The molecule has 0 bridgehead atoms. The quantitative estimate of drug-likeness (QED) is 0.679. The maximum absolute atomic E-state index is 11.6. The van der Waals surface area contributed by atoms with E-state index in [1.54, 1.807) is 0 Å². The molecule has 3 rings (SSSR count). The van der Waals surface area contributed by atoms with Gasteiger partial charge in [-0.3, -0.25) is 9.59 Å². The average molecular weight is 296 g/mol. The smallest absolute Gasteiger partial charge is 0.313 e. The Hall–Kier alpha value is -2.46. The van der Waals surface area contributed by atoms with E-state index in [4.69, 9.17) is 9.84 Å². The summed E-state index contributed by atoms with van der Waals surface area (Å²) in [7, 11) is 0. The van der Waals surface area contributed by atoms with Gasteiger partial charge in [-0.05, 0) is 22.3 Å². The summed E-state index contributed by atoms with van der Waals surface area (Å²) in [5.41, 5.74) is 4.58. The molecule has 2 aromatic carbocycles. The minimum Gasteiger partial charge on any atom is -0.464 e. The summed E-state index contributed by atoms with van der Waals surface area (Å²) in [6, 6.07) is 16.1. The minimum atomic E-state index is -0.635. The third kappa shape index (κ3) is 2.65. The molecule has 4 heteroatoms. The molecule has 22 heavy (non-hydrogen) atoms. The van der Waals surface area contributed by atoms with Crippen molar-refractivity contribution in [1.82, 2.24) is 0 Å². The Morgan fingerprint density at radius 1 is 0.955 bits per heavy atom. The number of ketones is 1. The second kappa shape index (κ2) is 6.12. The van der Waals surface area contributed by atoms with Crippen LogP contribution in [0, 0.1) is 0 Å². The fraction of sp³-hybridized carbons (Fsp3) is 0.222. The lowest BCUT2D eigenvalue weighted by molar-refractivity contribution is -0.146. The number of Topliss-reactive ketones (excluding diaryl/α,β-unsaturated/α-hetero) is 1. The Bertz CT molecular complexity index is 675. The lowest BCUT2D eigenvalue weighted by Gasteiger charge is -2.13. The van der Waals surface area contributed by atoms with E-state index in [9.17, 15) is 9.59 Å². The molecule has 0 atom stereocenters. The SMILES string of the molecule is O=C(CO)CC(=O)OCC1c2ccccc2-c2ccccc21. The summed E-state index contributed by atoms with van der Waals surface area (Å²) < 4.78 is 5.24. The predicted molar refractivity (Wildman–Crippen MR) is 81.4 cm³/mol. The molecular formula is C18H16O4. The van der Waals surface area contributed by atoms with Gasteiger partial charge in [-0.1, -0.05) is 48.5 Å². The van der Waals surface area contributed by atoms with E-state index >= 15 is 0 Å². The maximum Gasteiger partial charge on any atom is 0.313 e.